The molecule has 0 aliphatic carbocycles. The minimum atomic E-state index is 0.942. The van der Waals surface area contributed by atoms with Crippen LogP contribution < -0.4 is 5.32 Å². The first kappa shape index (κ1) is 14.9. The van der Waals surface area contributed by atoms with Crippen LogP contribution in [0.2, 0.25) is 0 Å². The fraction of sp³-hybridized carbons (Fsp3) is 0.389. The predicted molar refractivity (Wildman–Crippen MR) is 94.5 cm³/mol. The molecule has 0 bridgehead atoms. The van der Waals surface area contributed by atoms with E-state index in [1.54, 1.807) is 0 Å². The Bertz CT molecular complexity index is 743. The normalized spacial score (nSPS) is 11.6. The van der Waals surface area contributed by atoms with Gasteiger partial charge in [-0.05, 0) is 38.2 Å². The van der Waals surface area contributed by atoms with E-state index in [4.69, 9.17) is 0 Å². The van der Waals surface area contributed by atoms with Crippen LogP contribution in [0.3, 0.4) is 0 Å². The fourth-order valence-electron chi connectivity index (χ4n) is 2.96. The van der Waals surface area contributed by atoms with Crippen molar-refractivity contribution in [1.82, 2.24) is 14.9 Å². The number of pyridine rings is 1. The Labute approximate surface area is 131 Å². The average Bonchev–Trinajstić information content (AvgIpc) is 2.94. The van der Waals surface area contributed by atoms with Crippen LogP contribution in [-0.4, -0.2) is 41.0 Å². The summed E-state index contributed by atoms with van der Waals surface area (Å²) in [6, 6.07) is 10.5. The summed E-state index contributed by atoms with van der Waals surface area (Å²) in [5.41, 5.74) is 2.27. The molecule has 0 saturated carbocycles. The van der Waals surface area contributed by atoms with Crippen molar-refractivity contribution in [3.8, 4) is 0 Å². The number of para-hydroxylation sites is 1. The van der Waals surface area contributed by atoms with E-state index in [9.17, 15) is 0 Å². The summed E-state index contributed by atoms with van der Waals surface area (Å²) >= 11 is 0. The Balaban J connectivity index is 1.74. The first-order chi connectivity index (χ1) is 10.8. The van der Waals surface area contributed by atoms with Gasteiger partial charge >= 0.3 is 0 Å². The highest BCUT2D eigenvalue weighted by Crippen LogP contribution is 2.28. The highest BCUT2D eigenvalue weighted by Gasteiger charge is 2.08. The van der Waals surface area contributed by atoms with Gasteiger partial charge in [-0.25, -0.2) is 4.98 Å². The fourth-order valence-corrected chi connectivity index (χ4v) is 2.96. The molecule has 4 heteroatoms. The van der Waals surface area contributed by atoms with Gasteiger partial charge in [0.2, 0.25) is 0 Å². The van der Waals surface area contributed by atoms with Crippen molar-refractivity contribution >= 4 is 27.6 Å². The number of benzene rings is 1. The maximum Gasteiger partial charge on any atom is 0.150 e. The Hall–Kier alpha value is -2.07. The summed E-state index contributed by atoms with van der Waals surface area (Å²) in [6.45, 7) is 8.73. The number of rotatable bonds is 7. The highest BCUT2D eigenvalue weighted by atomic mass is 15.1. The third-order valence-corrected chi connectivity index (χ3v) is 4.27. The third-order valence-electron chi connectivity index (χ3n) is 4.27. The number of aromatic nitrogens is 2. The summed E-state index contributed by atoms with van der Waals surface area (Å²) in [7, 11) is 0. The number of H-pyrrole nitrogens is 1. The first-order valence-corrected chi connectivity index (χ1v) is 8.15. The lowest BCUT2D eigenvalue weighted by molar-refractivity contribution is 0.303. The molecule has 0 aliphatic rings. The number of hydrogen-bond donors (Lipinski definition) is 2. The second-order valence-electron chi connectivity index (χ2n) is 5.56. The molecular formula is C18H24N4. The van der Waals surface area contributed by atoms with E-state index >= 15 is 0 Å². The number of nitrogens with one attached hydrogen (secondary N) is 2. The number of fused-ring (bicyclic) bond motifs is 3. The van der Waals surface area contributed by atoms with E-state index in [0.29, 0.717) is 0 Å². The summed E-state index contributed by atoms with van der Waals surface area (Å²) in [5.74, 6) is 0.952. The molecule has 4 nitrogen and oxygen atoms in total. The number of anilines is 1. The molecule has 116 valence electrons. The van der Waals surface area contributed by atoms with Crippen LogP contribution in [0.15, 0.2) is 36.5 Å². The smallest absolute Gasteiger partial charge is 0.150 e. The number of nitrogens with zero attached hydrogens (tertiary/aromatic N) is 2. The Morgan fingerprint density at radius 2 is 1.91 bits per heavy atom. The van der Waals surface area contributed by atoms with Crippen LogP contribution in [-0.2, 0) is 0 Å². The Morgan fingerprint density at radius 3 is 2.73 bits per heavy atom. The van der Waals surface area contributed by atoms with Gasteiger partial charge in [0, 0.05) is 29.0 Å². The zero-order valence-electron chi connectivity index (χ0n) is 13.4. The van der Waals surface area contributed by atoms with Gasteiger partial charge in [0.05, 0.1) is 5.52 Å². The van der Waals surface area contributed by atoms with Gasteiger partial charge in [0.25, 0.3) is 0 Å². The summed E-state index contributed by atoms with van der Waals surface area (Å²) in [5, 5.41) is 5.97. The van der Waals surface area contributed by atoms with Crippen LogP contribution in [0.5, 0.6) is 0 Å². The van der Waals surface area contributed by atoms with Gasteiger partial charge in [0.1, 0.15) is 5.82 Å². The van der Waals surface area contributed by atoms with Crippen molar-refractivity contribution in [1.29, 1.82) is 0 Å². The molecule has 0 fully saturated rings. The molecule has 3 rings (SSSR count). The lowest BCUT2D eigenvalue weighted by atomic mass is 10.2. The van der Waals surface area contributed by atoms with Gasteiger partial charge in [0.15, 0.2) is 0 Å². The molecule has 0 amide bonds. The molecule has 0 aliphatic heterocycles. The minimum Gasteiger partial charge on any atom is -0.368 e. The van der Waals surface area contributed by atoms with Gasteiger partial charge < -0.3 is 15.2 Å². The van der Waals surface area contributed by atoms with E-state index in [-0.39, 0.29) is 0 Å². The van der Waals surface area contributed by atoms with Crippen molar-refractivity contribution < 1.29 is 0 Å². The average molecular weight is 296 g/mol. The van der Waals surface area contributed by atoms with Crippen LogP contribution in [0.25, 0.3) is 21.8 Å². The maximum absolute atomic E-state index is 4.50. The molecule has 0 saturated heterocycles. The molecular weight excluding hydrogens is 272 g/mol. The molecule has 2 aromatic heterocycles. The van der Waals surface area contributed by atoms with Gasteiger partial charge in [-0.1, -0.05) is 32.0 Å². The Kier molecular flexibility index (Phi) is 4.59. The molecule has 2 N–H and O–H groups in total. The predicted octanol–water partition coefficient (Wildman–Crippen LogP) is 3.86. The number of aromatic amines is 1. The second-order valence-corrected chi connectivity index (χ2v) is 5.56. The van der Waals surface area contributed by atoms with Crippen LogP contribution in [0.4, 0.5) is 5.82 Å². The van der Waals surface area contributed by atoms with E-state index in [1.807, 2.05) is 6.20 Å². The van der Waals surface area contributed by atoms with Crippen molar-refractivity contribution in [3.05, 3.63) is 36.5 Å². The molecule has 22 heavy (non-hydrogen) atoms. The monoisotopic (exact) mass is 296 g/mol. The highest BCUT2D eigenvalue weighted by molar-refractivity contribution is 6.10. The zero-order chi connectivity index (χ0) is 15.4. The maximum atomic E-state index is 4.50. The van der Waals surface area contributed by atoms with Crippen LogP contribution >= 0.6 is 0 Å². The lowest BCUT2D eigenvalue weighted by Gasteiger charge is -2.17. The van der Waals surface area contributed by atoms with E-state index < -0.39 is 0 Å². The van der Waals surface area contributed by atoms with Gasteiger partial charge in [-0.15, -0.1) is 0 Å². The quantitative estimate of drug-likeness (QED) is 0.651. The van der Waals surface area contributed by atoms with Crippen LogP contribution in [0, 0.1) is 0 Å². The zero-order valence-corrected chi connectivity index (χ0v) is 13.4. The van der Waals surface area contributed by atoms with E-state index in [0.717, 1.165) is 49.5 Å². The standard InChI is InChI=1S/C18H24N4/c1-3-22(4-2)13-7-11-19-18-17-15(10-12-20-18)14-8-5-6-9-16(14)21-17/h5-6,8-10,12,21H,3-4,7,11,13H2,1-2H3,(H,19,20). The van der Waals surface area contributed by atoms with Crippen LogP contribution in [0.1, 0.15) is 20.3 Å². The number of hydrogen-bond acceptors (Lipinski definition) is 3. The molecule has 1 aromatic carbocycles. The molecule has 0 spiro atoms. The molecule has 0 unspecified atom stereocenters. The molecule has 3 aromatic rings. The summed E-state index contributed by atoms with van der Waals surface area (Å²) in [4.78, 5) is 10.4. The topological polar surface area (TPSA) is 44.0 Å². The largest absolute Gasteiger partial charge is 0.368 e. The van der Waals surface area contributed by atoms with E-state index in [1.165, 1.54) is 10.8 Å². The SMILES string of the molecule is CCN(CC)CCCNc1nccc2c1[nH]c1ccccc12. The molecule has 0 radical (unpaired) electrons. The summed E-state index contributed by atoms with van der Waals surface area (Å²) in [6.07, 6.45) is 3.01. The third kappa shape index (κ3) is 2.92. The molecule has 2 heterocycles. The minimum absolute atomic E-state index is 0.942. The first-order valence-electron chi connectivity index (χ1n) is 8.15. The second kappa shape index (κ2) is 6.79. The lowest BCUT2D eigenvalue weighted by Crippen LogP contribution is -2.25. The van der Waals surface area contributed by atoms with Crippen molar-refractivity contribution in [2.24, 2.45) is 0 Å². The van der Waals surface area contributed by atoms with E-state index in [2.05, 4.69) is 64.4 Å². The summed E-state index contributed by atoms with van der Waals surface area (Å²) < 4.78 is 0. The Morgan fingerprint density at radius 1 is 1.09 bits per heavy atom. The van der Waals surface area contributed by atoms with Crippen molar-refractivity contribution in [2.75, 3.05) is 31.5 Å². The molecule has 0 atom stereocenters. The van der Waals surface area contributed by atoms with Crippen molar-refractivity contribution in [3.63, 3.8) is 0 Å². The van der Waals surface area contributed by atoms with Crippen molar-refractivity contribution in [2.45, 2.75) is 20.3 Å². The van der Waals surface area contributed by atoms with Gasteiger partial charge in [-0.3, -0.25) is 0 Å². The van der Waals surface area contributed by atoms with Gasteiger partial charge in [-0.2, -0.15) is 0 Å².